The summed E-state index contributed by atoms with van der Waals surface area (Å²) in [6.45, 7) is 6.17. The molecule has 0 N–H and O–H groups in total. The average molecular weight is 321 g/mol. The molecule has 0 aliphatic rings. The molecular weight excluding hydrogens is 302 g/mol. The number of pyridine rings is 1. The van der Waals surface area contributed by atoms with E-state index in [4.69, 9.17) is 11.6 Å². The summed E-state index contributed by atoms with van der Waals surface area (Å²) < 4.78 is 0.905. The molecule has 96 valence electrons. The van der Waals surface area contributed by atoms with Crippen LogP contribution < -0.4 is 4.90 Å². The van der Waals surface area contributed by atoms with Crippen molar-refractivity contribution >= 4 is 33.3 Å². The third-order valence-electron chi connectivity index (χ3n) is 2.56. The van der Waals surface area contributed by atoms with Gasteiger partial charge < -0.3 is 9.80 Å². The fourth-order valence-electron chi connectivity index (χ4n) is 1.92. The van der Waals surface area contributed by atoms with Gasteiger partial charge in [0.25, 0.3) is 0 Å². The molecule has 1 atom stereocenters. The maximum absolute atomic E-state index is 6.24. The Morgan fingerprint density at radius 1 is 1.47 bits per heavy atom. The molecule has 0 radical (unpaired) electrons. The zero-order chi connectivity index (χ0) is 13.0. The maximum atomic E-state index is 6.24. The molecular formula is C12H19BrClN3. The lowest BCUT2D eigenvalue weighted by Gasteiger charge is -2.31. The molecule has 0 bridgehead atoms. The Hall–Kier alpha value is -0.320. The molecule has 1 heterocycles. The van der Waals surface area contributed by atoms with Crippen molar-refractivity contribution in [2.24, 2.45) is 0 Å². The van der Waals surface area contributed by atoms with Crippen LogP contribution in [0.1, 0.15) is 13.8 Å². The molecule has 0 fully saturated rings. The van der Waals surface area contributed by atoms with Crippen LogP contribution in [0, 0.1) is 0 Å². The third kappa shape index (κ3) is 4.12. The van der Waals surface area contributed by atoms with Crippen molar-refractivity contribution in [1.29, 1.82) is 0 Å². The SMILES string of the molecule is CCN(c1ncc(Br)cc1Cl)C(C)CN(C)C. The largest absolute Gasteiger partial charge is 0.352 e. The lowest BCUT2D eigenvalue weighted by Crippen LogP contribution is -2.40. The standard InChI is InChI=1S/C12H19BrClN3/c1-5-17(9(2)8-16(3)4)12-11(14)6-10(13)7-15-12/h6-7,9H,5,8H2,1-4H3. The van der Waals surface area contributed by atoms with Crippen LogP contribution in [0.25, 0.3) is 0 Å². The molecule has 0 amide bonds. The average Bonchev–Trinajstić information content (AvgIpc) is 2.21. The number of likely N-dealkylation sites (N-methyl/N-ethyl adjacent to an activating group) is 2. The van der Waals surface area contributed by atoms with Crippen molar-refractivity contribution in [3.05, 3.63) is 21.8 Å². The van der Waals surface area contributed by atoms with Crippen LogP contribution >= 0.6 is 27.5 Å². The second-order valence-electron chi connectivity index (χ2n) is 4.36. The smallest absolute Gasteiger partial charge is 0.147 e. The highest BCUT2D eigenvalue weighted by atomic mass is 79.9. The van der Waals surface area contributed by atoms with Crippen molar-refractivity contribution in [3.63, 3.8) is 0 Å². The van der Waals surface area contributed by atoms with E-state index in [1.807, 2.05) is 6.07 Å². The topological polar surface area (TPSA) is 19.4 Å². The molecule has 1 unspecified atom stereocenters. The van der Waals surface area contributed by atoms with E-state index in [-0.39, 0.29) is 0 Å². The molecule has 0 saturated heterocycles. The number of hydrogen-bond acceptors (Lipinski definition) is 3. The van der Waals surface area contributed by atoms with E-state index >= 15 is 0 Å². The Kier molecular flexibility index (Phi) is 5.70. The minimum Gasteiger partial charge on any atom is -0.352 e. The van der Waals surface area contributed by atoms with Crippen molar-refractivity contribution in [2.75, 3.05) is 32.1 Å². The van der Waals surface area contributed by atoms with Gasteiger partial charge in [0, 0.05) is 29.8 Å². The molecule has 1 aromatic heterocycles. The summed E-state index contributed by atoms with van der Waals surface area (Å²) >= 11 is 9.61. The van der Waals surface area contributed by atoms with Crippen LogP contribution in [0.4, 0.5) is 5.82 Å². The van der Waals surface area contributed by atoms with Crippen molar-refractivity contribution in [3.8, 4) is 0 Å². The molecule has 0 saturated carbocycles. The molecule has 0 aliphatic carbocycles. The lowest BCUT2D eigenvalue weighted by atomic mass is 10.2. The first kappa shape index (κ1) is 14.7. The van der Waals surface area contributed by atoms with Crippen LogP contribution in [0.15, 0.2) is 16.7 Å². The Bertz CT molecular complexity index is 371. The van der Waals surface area contributed by atoms with Crippen LogP contribution in [0.3, 0.4) is 0 Å². The van der Waals surface area contributed by atoms with Crippen molar-refractivity contribution < 1.29 is 0 Å². The van der Waals surface area contributed by atoms with Crippen LogP contribution in [-0.2, 0) is 0 Å². The van der Waals surface area contributed by atoms with Crippen LogP contribution in [-0.4, -0.2) is 43.1 Å². The maximum Gasteiger partial charge on any atom is 0.147 e. The van der Waals surface area contributed by atoms with Gasteiger partial charge in [-0.3, -0.25) is 0 Å². The highest BCUT2D eigenvalue weighted by Gasteiger charge is 2.17. The summed E-state index contributed by atoms with van der Waals surface area (Å²) in [5.41, 5.74) is 0. The van der Waals surface area contributed by atoms with Gasteiger partial charge in [-0.2, -0.15) is 0 Å². The monoisotopic (exact) mass is 319 g/mol. The molecule has 0 aromatic carbocycles. The quantitative estimate of drug-likeness (QED) is 0.830. The first-order valence-corrected chi connectivity index (χ1v) is 6.85. The van der Waals surface area contributed by atoms with Gasteiger partial charge in [0.05, 0.1) is 5.02 Å². The van der Waals surface area contributed by atoms with E-state index in [9.17, 15) is 0 Å². The Labute approximate surface area is 117 Å². The highest BCUT2D eigenvalue weighted by molar-refractivity contribution is 9.10. The van der Waals surface area contributed by atoms with Gasteiger partial charge in [-0.15, -0.1) is 0 Å². The number of rotatable bonds is 5. The molecule has 3 nitrogen and oxygen atoms in total. The van der Waals surface area contributed by atoms with Gasteiger partial charge in [0.1, 0.15) is 5.82 Å². The second kappa shape index (κ2) is 6.57. The summed E-state index contributed by atoms with van der Waals surface area (Å²) in [6, 6.07) is 2.26. The summed E-state index contributed by atoms with van der Waals surface area (Å²) in [4.78, 5) is 8.79. The normalized spacial score (nSPS) is 12.9. The predicted octanol–water partition coefficient (Wildman–Crippen LogP) is 3.27. The number of nitrogens with zero attached hydrogens (tertiary/aromatic N) is 3. The van der Waals surface area contributed by atoms with E-state index in [2.05, 4.69) is 58.7 Å². The van der Waals surface area contributed by atoms with E-state index in [1.165, 1.54) is 0 Å². The molecule has 17 heavy (non-hydrogen) atoms. The highest BCUT2D eigenvalue weighted by Crippen LogP contribution is 2.27. The predicted molar refractivity (Wildman–Crippen MR) is 78.0 cm³/mol. The van der Waals surface area contributed by atoms with Gasteiger partial charge in [-0.1, -0.05) is 11.6 Å². The molecule has 5 heteroatoms. The van der Waals surface area contributed by atoms with Gasteiger partial charge >= 0.3 is 0 Å². The minimum atomic E-state index is 0.376. The van der Waals surface area contributed by atoms with Crippen LogP contribution in [0.5, 0.6) is 0 Å². The van der Waals surface area contributed by atoms with E-state index in [1.54, 1.807) is 6.20 Å². The first-order valence-electron chi connectivity index (χ1n) is 5.68. The number of hydrogen-bond donors (Lipinski definition) is 0. The van der Waals surface area contributed by atoms with Gasteiger partial charge in [0.2, 0.25) is 0 Å². The Morgan fingerprint density at radius 2 is 2.12 bits per heavy atom. The second-order valence-corrected chi connectivity index (χ2v) is 5.68. The Morgan fingerprint density at radius 3 is 2.59 bits per heavy atom. The number of aromatic nitrogens is 1. The number of anilines is 1. The Balaban J connectivity index is 2.93. The van der Waals surface area contributed by atoms with E-state index in [0.717, 1.165) is 23.4 Å². The van der Waals surface area contributed by atoms with Gasteiger partial charge in [-0.05, 0) is 49.9 Å². The lowest BCUT2D eigenvalue weighted by molar-refractivity contribution is 0.372. The van der Waals surface area contributed by atoms with Gasteiger partial charge in [-0.25, -0.2) is 4.98 Å². The first-order chi connectivity index (χ1) is 7.95. The van der Waals surface area contributed by atoms with E-state index in [0.29, 0.717) is 11.1 Å². The zero-order valence-electron chi connectivity index (χ0n) is 10.7. The number of halogens is 2. The minimum absolute atomic E-state index is 0.376. The van der Waals surface area contributed by atoms with Crippen molar-refractivity contribution in [2.45, 2.75) is 19.9 Å². The summed E-state index contributed by atoms with van der Waals surface area (Å²) in [5.74, 6) is 0.853. The molecule has 1 aromatic rings. The molecule has 1 rings (SSSR count). The third-order valence-corrected chi connectivity index (χ3v) is 3.27. The fraction of sp³-hybridized carbons (Fsp3) is 0.583. The van der Waals surface area contributed by atoms with Crippen molar-refractivity contribution in [1.82, 2.24) is 9.88 Å². The fourth-order valence-corrected chi connectivity index (χ4v) is 2.65. The summed E-state index contributed by atoms with van der Waals surface area (Å²) in [5, 5.41) is 0.687. The van der Waals surface area contributed by atoms with E-state index < -0.39 is 0 Å². The molecule has 0 spiro atoms. The summed E-state index contributed by atoms with van der Waals surface area (Å²) in [7, 11) is 4.14. The van der Waals surface area contributed by atoms with Gasteiger partial charge in [0.15, 0.2) is 0 Å². The van der Waals surface area contributed by atoms with Crippen LogP contribution in [0.2, 0.25) is 5.02 Å². The zero-order valence-corrected chi connectivity index (χ0v) is 13.1. The summed E-state index contributed by atoms with van der Waals surface area (Å²) in [6.07, 6.45) is 1.78. The molecule has 0 aliphatic heterocycles.